The monoisotopic (exact) mass is 443 g/mol. The third kappa shape index (κ3) is 27.6. The van der Waals surface area contributed by atoms with E-state index in [0.717, 1.165) is 13.0 Å². The van der Waals surface area contributed by atoms with Crippen LogP contribution in [0.25, 0.3) is 0 Å². The van der Waals surface area contributed by atoms with Gasteiger partial charge in [-0.25, -0.2) is 0 Å². The van der Waals surface area contributed by atoms with E-state index in [1.54, 1.807) is 0 Å². The Balaban J connectivity index is -0.000000403. The fraction of sp³-hybridized carbons (Fsp3) is 0.722. The molecule has 9 heteroatoms. The van der Waals surface area contributed by atoms with Gasteiger partial charge in [0.2, 0.25) is 0 Å². The number of carboxylic acid groups (broad SMARTS) is 2. The zero-order chi connectivity index (χ0) is 17.5. The van der Waals surface area contributed by atoms with E-state index < -0.39 is 11.9 Å². The van der Waals surface area contributed by atoms with Crippen molar-refractivity contribution in [1.82, 2.24) is 4.90 Å². The SMILES string of the molecule is CCC(C)COCCOCCOCCN(CC(=O)O)CC(=O)O.[CH3-].[CH3-].[CH3-].[Cu]. The smallest absolute Gasteiger partial charge is 0.317 e. The van der Waals surface area contributed by atoms with Gasteiger partial charge in [0, 0.05) is 30.2 Å². The molecular weight excluding hydrogens is 406 g/mol. The van der Waals surface area contributed by atoms with Gasteiger partial charge in [0.15, 0.2) is 0 Å². The molecule has 1 radical (unpaired) electrons. The Morgan fingerprint density at radius 1 is 0.852 bits per heavy atom. The van der Waals surface area contributed by atoms with Crippen LogP contribution in [0, 0.1) is 28.2 Å². The summed E-state index contributed by atoms with van der Waals surface area (Å²) >= 11 is 0. The summed E-state index contributed by atoms with van der Waals surface area (Å²) in [5.41, 5.74) is 0. The van der Waals surface area contributed by atoms with Crippen LogP contribution in [0.1, 0.15) is 20.3 Å². The van der Waals surface area contributed by atoms with Crippen molar-refractivity contribution in [3.05, 3.63) is 22.3 Å². The van der Waals surface area contributed by atoms with Crippen LogP contribution in [0.15, 0.2) is 0 Å². The van der Waals surface area contributed by atoms with Gasteiger partial charge < -0.3 is 46.7 Å². The number of aliphatic carboxylic acids is 2. The summed E-state index contributed by atoms with van der Waals surface area (Å²) in [6, 6.07) is 0. The average molecular weight is 444 g/mol. The molecule has 1 unspecified atom stereocenters. The molecule has 0 aliphatic carbocycles. The van der Waals surface area contributed by atoms with E-state index in [4.69, 9.17) is 24.4 Å². The Kier molecular flexibility index (Phi) is 34.8. The molecular formula is C18H38CuNO7-3. The van der Waals surface area contributed by atoms with E-state index in [0.29, 0.717) is 32.3 Å². The zero-order valence-corrected chi connectivity index (χ0v) is 18.3. The molecule has 0 amide bonds. The van der Waals surface area contributed by atoms with Crippen LogP contribution in [-0.4, -0.2) is 86.3 Å². The second kappa shape index (κ2) is 25.3. The molecule has 8 nitrogen and oxygen atoms in total. The summed E-state index contributed by atoms with van der Waals surface area (Å²) in [5, 5.41) is 17.4. The molecule has 2 N–H and O–H groups in total. The second-order valence-electron chi connectivity index (χ2n) is 5.31. The predicted octanol–water partition coefficient (Wildman–Crippen LogP) is 1.90. The van der Waals surface area contributed by atoms with Crippen molar-refractivity contribution in [2.24, 2.45) is 5.92 Å². The van der Waals surface area contributed by atoms with Crippen molar-refractivity contribution in [2.45, 2.75) is 20.3 Å². The molecule has 171 valence electrons. The van der Waals surface area contributed by atoms with Crippen molar-refractivity contribution >= 4 is 11.9 Å². The summed E-state index contributed by atoms with van der Waals surface area (Å²) in [4.78, 5) is 22.5. The van der Waals surface area contributed by atoms with Gasteiger partial charge in [-0.2, -0.15) is 0 Å². The number of ether oxygens (including phenoxy) is 3. The molecule has 0 bridgehead atoms. The van der Waals surface area contributed by atoms with Crippen molar-refractivity contribution in [3.63, 3.8) is 0 Å². The summed E-state index contributed by atoms with van der Waals surface area (Å²) in [6.07, 6.45) is 1.09. The van der Waals surface area contributed by atoms with Crippen LogP contribution in [0.3, 0.4) is 0 Å². The Bertz CT molecular complexity index is 317. The topological polar surface area (TPSA) is 106 Å². The molecule has 27 heavy (non-hydrogen) atoms. The summed E-state index contributed by atoms with van der Waals surface area (Å²) in [6.45, 7) is 6.70. The molecule has 0 spiro atoms. The first-order valence-corrected chi connectivity index (χ1v) is 7.84. The standard InChI is InChI=1S/C15H29NO7.3CH3.Cu/c1-3-13(2)12-23-9-8-22-7-6-21-5-4-16(10-14(17)18)11-15(19)20;;;;/h13H,3-12H2,1-2H3,(H,17,18)(H,19,20);3*1H3;/q;3*-1;. The van der Waals surface area contributed by atoms with Gasteiger partial charge in [-0.3, -0.25) is 14.5 Å². The summed E-state index contributed by atoms with van der Waals surface area (Å²) in [7, 11) is 0. The molecule has 1 atom stereocenters. The molecule has 0 fully saturated rings. The maximum atomic E-state index is 10.6. The molecule has 0 aliphatic rings. The Morgan fingerprint density at radius 3 is 1.67 bits per heavy atom. The van der Waals surface area contributed by atoms with Crippen LogP contribution in [-0.2, 0) is 40.9 Å². The van der Waals surface area contributed by atoms with Crippen molar-refractivity contribution in [2.75, 3.05) is 59.3 Å². The normalized spacial score (nSPS) is 10.6. The van der Waals surface area contributed by atoms with Crippen LogP contribution < -0.4 is 0 Å². The average Bonchev–Trinajstić information content (AvgIpc) is 2.47. The molecule has 0 aromatic heterocycles. The first kappa shape index (κ1) is 37.1. The maximum Gasteiger partial charge on any atom is 0.317 e. The number of hydrogen-bond donors (Lipinski definition) is 2. The van der Waals surface area contributed by atoms with Crippen molar-refractivity contribution in [3.8, 4) is 0 Å². The van der Waals surface area contributed by atoms with Gasteiger partial charge in [-0.15, -0.1) is 0 Å². The molecule has 0 rings (SSSR count). The Hall–Kier alpha value is -0.701. The van der Waals surface area contributed by atoms with E-state index >= 15 is 0 Å². The fourth-order valence-electron chi connectivity index (χ4n) is 1.63. The number of carbonyl (C=O) groups is 2. The van der Waals surface area contributed by atoms with Crippen molar-refractivity contribution in [1.29, 1.82) is 0 Å². The number of hydrogen-bond acceptors (Lipinski definition) is 6. The van der Waals surface area contributed by atoms with Crippen LogP contribution in [0.4, 0.5) is 0 Å². The van der Waals surface area contributed by atoms with Crippen LogP contribution >= 0.6 is 0 Å². The van der Waals surface area contributed by atoms with Crippen molar-refractivity contribution < 1.29 is 51.1 Å². The molecule has 0 aliphatic heterocycles. The minimum absolute atomic E-state index is 0. The van der Waals surface area contributed by atoms with Gasteiger partial charge in [0.1, 0.15) is 0 Å². The van der Waals surface area contributed by atoms with Gasteiger partial charge >= 0.3 is 11.9 Å². The Morgan fingerprint density at radius 2 is 1.26 bits per heavy atom. The zero-order valence-electron chi connectivity index (χ0n) is 17.3. The minimum atomic E-state index is -1.06. The molecule has 0 aromatic carbocycles. The van der Waals surface area contributed by atoms with Gasteiger partial charge in [-0.05, 0) is 5.92 Å². The van der Waals surface area contributed by atoms with Gasteiger partial charge in [-0.1, -0.05) is 20.3 Å². The van der Waals surface area contributed by atoms with E-state index in [-0.39, 0.29) is 65.6 Å². The number of rotatable bonds is 16. The van der Waals surface area contributed by atoms with Crippen LogP contribution in [0.5, 0.6) is 0 Å². The predicted molar refractivity (Wildman–Crippen MR) is 103 cm³/mol. The maximum absolute atomic E-state index is 10.6. The van der Waals surface area contributed by atoms with E-state index in [9.17, 15) is 9.59 Å². The first-order valence-electron chi connectivity index (χ1n) is 7.84. The van der Waals surface area contributed by atoms with E-state index in [1.807, 2.05) is 0 Å². The molecule has 0 saturated heterocycles. The third-order valence-electron chi connectivity index (χ3n) is 3.11. The second-order valence-corrected chi connectivity index (χ2v) is 5.31. The van der Waals surface area contributed by atoms with E-state index in [1.165, 1.54) is 4.90 Å². The molecule has 0 aromatic rings. The first-order chi connectivity index (χ1) is 11.0. The number of nitrogens with zero attached hydrogens (tertiary/aromatic N) is 1. The number of carboxylic acids is 2. The van der Waals surface area contributed by atoms with Gasteiger partial charge in [0.25, 0.3) is 0 Å². The summed E-state index contributed by atoms with van der Waals surface area (Å²) < 4.78 is 16.1. The summed E-state index contributed by atoms with van der Waals surface area (Å²) in [5.74, 6) is -1.57. The minimum Gasteiger partial charge on any atom is -0.480 e. The Labute approximate surface area is 176 Å². The molecule has 0 saturated carbocycles. The van der Waals surface area contributed by atoms with E-state index in [2.05, 4.69) is 13.8 Å². The third-order valence-corrected chi connectivity index (χ3v) is 3.11. The van der Waals surface area contributed by atoms with Gasteiger partial charge in [0.05, 0.1) is 46.1 Å². The fourth-order valence-corrected chi connectivity index (χ4v) is 1.63. The van der Waals surface area contributed by atoms with Crippen LogP contribution in [0.2, 0.25) is 0 Å². The molecule has 0 heterocycles. The largest absolute Gasteiger partial charge is 0.480 e. The quantitative estimate of drug-likeness (QED) is 0.211.